The highest BCUT2D eigenvalue weighted by Gasteiger charge is 2.27. The van der Waals surface area contributed by atoms with Crippen LogP contribution in [0, 0.1) is 0 Å². The average Bonchev–Trinajstić information content (AvgIpc) is 2.51. The Morgan fingerprint density at radius 3 is 2.19 bits per heavy atom. The summed E-state index contributed by atoms with van der Waals surface area (Å²) in [5, 5.41) is 0. The zero-order chi connectivity index (χ0) is 19.5. The van der Waals surface area contributed by atoms with Gasteiger partial charge in [-0.05, 0) is 44.9 Å². The van der Waals surface area contributed by atoms with Gasteiger partial charge in [0.25, 0.3) is 0 Å². The van der Waals surface area contributed by atoms with E-state index in [2.05, 4.69) is 50.8 Å². The molecule has 0 aliphatic carbocycles. The van der Waals surface area contributed by atoms with Gasteiger partial charge in [-0.1, -0.05) is 33.8 Å². The molecule has 1 aromatic carbocycles. The first kappa shape index (κ1) is 20.9. The third-order valence-corrected chi connectivity index (χ3v) is 5.36. The SMILES string of the molecule is CCc1c(SC(C)(C)C)cccc1N1CCN(C(=O)OC(C)(C)C)CC1. The maximum atomic E-state index is 12.3. The molecule has 1 aliphatic rings. The lowest BCUT2D eigenvalue weighted by atomic mass is 10.1. The van der Waals surface area contributed by atoms with Gasteiger partial charge in [0, 0.05) is 41.5 Å². The summed E-state index contributed by atoms with van der Waals surface area (Å²) in [6.45, 7) is 17.8. The minimum Gasteiger partial charge on any atom is -0.444 e. The lowest BCUT2D eigenvalue weighted by molar-refractivity contribution is 0.0240. The molecule has 2 rings (SSSR count). The van der Waals surface area contributed by atoms with Crippen molar-refractivity contribution in [1.29, 1.82) is 0 Å². The monoisotopic (exact) mass is 378 g/mol. The number of hydrogen-bond donors (Lipinski definition) is 0. The summed E-state index contributed by atoms with van der Waals surface area (Å²) in [6.07, 6.45) is 0.811. The van der Waals surface area contributed by atoms with E-state index in [1.165, 1.54) is 16.1 Å². The van der Waals surface area contributed by atoms with Gasteiger partial charge in [-0.25, -0.2) is 4.79 Å². The van der Waals surface area contributed by atoms with Crippen molar-refractivity contribution in [2.75, 3.05) is 31.1 Å². The Morgan fingerprint density at radius 2 is 1.69 bits per heavy atom. The number of carbonyl (C=O) groups is 1. The molecule has 5 heteroatoms. The van der Waals surface area contributed by atoms with Crippen molar-refractivity contribution >= 4 is 23.5 Å². The molecule has 0 aromatic heterocycles. The molecule has 1 aromatic rings. The van der Waals surface area contributed by atoms with Crippen molar-refractivity contribution < 1.29 is 9.53 Å². The fourth-order valence-electron chi connectivity index (χ4n) is 3.09. The van der Waals surface area contributed by atoms with Crippen LogP contribution in [0.5, 0.6) is 0 Å². The number of anilines is 1. The van der Waals surface area contributed by atoms with Gasteiger partial charge >= 0.3 is 6.09 Å². The zero-order valence-corrected chi connectivity index (χ0v) is 18.2. The number of ether oxygens (including phenoxy) is 1. The van der Waals surface area contributed by atoms with Crippen LogP contribution in [-0.4, -0.2) is 47.5 Å². The number of benzene rings is 1. The molecule has 146 valence electrons. The molecule has 0 radical (unpaired) electrons. The Labute approximate surface area is 163 Å². The van der Waals surface area contributed by atoms with Crippen LogP contribution in [0.3, 0.4) is 0 Å². The first-order valence-electron chi connectivity index (χ1n) is 9.54. The van der Waals surface area contributed by atoms with Crippen LogP contribution in [0.15, 0.2) is 23.1 Å². The minimum absolute atomic E-state index is 0.192. The van der Waals surface area contributed by atoms with Crippen LogP contribution in [0.25, 0.3) is 0 Å². The molecule has 26 heavy (non-hydrogen) atoms. The second-order valence-corrected chi connectivity index (χ2v) is 10.6. The van der Waals surface area contributed by atoms with Crippen molar-refractivity contribution in [1.82, 2.24) is 4.90 Å². The van der Waals surface area contributed by atoms with E-state index in [1.807, 2.05) is 37.4 Å². The number of amides is 1. The van der Waals surface area contributed by atoms with Gasteiger partial charge in [-0.15, -0.1) is 11.8 Å². The van der Waals surface area contributed by atoms with E-state index in [1.54, 1.807) is 0 Å². The lowest BCUT2D eigenvalue weighted by Gasteiger charge is -2.38. The van der Waals surface area contributed by atoms with Gasteiger partial charge in [0.05, 0.1) is 0 Å². The number of rotatable bonds is 3. The van der Waals surface area contributed by atoms with Crippen LogP contribution in [0.1, 0.15) is 54.0 Å². The summed E-state index contributed by atoms with van der Waals surface area (Å²) in [7, 11) is 0. The second kappa shape index (κ2) is 8.12. The van der Waals surface area contributed by atoms with Gasteiger partial charge in [-0.2, -0.15) is 0 Å². The van der Waals surface area contributed by atoms with Crippen molar-refractivity contribution in [3.63, 3.8) is 0 Å². The fourth-order valence-corrected chi connectivity index (χ4v) is 4.27. The molecule has 1 amide bonds. The number of thioether (sulfide) groups is 1. The highest BCUT2D eigenvalue weighted by atomic mass is 32.2. The van der Waals surface area contributed by atoms with Gasteiger partial charge in [0.15, 0.2) is 0 Å². The Kier molecular flexibility index (Phi) is 6.54. The molecular formula is C21H34N2O2S. The van der Waals surface area contributed by atoms with Gasteiger partial charge < -0.3 is 14.5 Å². The topological polar surface area (TPSA) is 32.8 Å². The van der Waals surface area contributed by atoms with Gasteiger partial charge in [-0.3, -0.25) is 0 Å². The van der Waals surface area contributed by atoms with E-state index in [4.69, 9.17) is 4.74 Å². The highest BCUT2D eigenvalue weighted by molar-refractivity contribution is 8.00. The van der Waals surface area contributed by atoms with E-state index in [0.29, 0.717) is 13.1 Å². The molecule has 0 N–H and O–H groups in total. The van der Waals surface area contributed by atoms with Crippen molar-refractivity contribution in [2.24, 2.45) is 0 Å². The summed E-state index contributed by atoms with van der Waals surface area (Å²) in [6, 6.07) is 6.60. The molecule has 1 heterocycles. The van der Waals surface area contributed by atoms with Crippen molar-refractivity contribution in [3.05, 3.63) is 23.8 Å². The molecule has 1 aliphatic heterocycles. The number of carbonyl (C=O) groups excluding carboxylic acids is 1. The molecule has 1 saturated heterocycles. The average molecular weight is 379 g/mol. The summed E-state index contributed by atoms with van der Waals surface area (Å²) in [4.78, 5) is 17.9. The predicted octanol–water partition coefficient (Wildman–Crippen LogP) is 5.20. The van der Waals surface area contributed by atoms with Crippen LogP contribution >= 0.6 is 11.8 Å². The summed E-state index contributed by atoms with van der Waals surface area (Å²) in [5.74, 6) is 0. The second-order valence-electron chi connectivity index (χ2n) is 8.78. The molecule has 0 saturated carbocycles. The summed E-state index contributed by atoms with van der Waals surface area (Å²) in [5.41, 5.74) is 2.28. The molecule has 0 spiro atoms. The van der Waals surface area contributed by atoms with Crippen LogP contribution in [0.2, 0.25) is 0 Å². The molecule has 0 unspecified atom stereocenters. The van der Waals surface area contributed by atoms with E-state index in [-0.39, 0.29) is 10.8 Å². The Bertz CT molecular complexity index is 624. The highest BCUT2D eigenvalue weighted by Crippen LogP contribution is 2.38. The predicted molar refractivity (Wildman–Crippen MR) is 111 cm³/mol. The molecule has 0 bridgehead atoms. The largest absolute Gasteiger partial charge is 0.444 e. The summed E-state index contributed by atoms with van der Waals surface area (Å²) >= 11 is 1.93. The Hall–Kier alpha value is -1.36. The molecule has 0 atom stereocenters. The van der Waals surface area contributed by atoms with Crippen LogP contribution in [-0.2, 0) is 11.2 Å². The van der Waals surface area contributed by atoms with E-state index in [9.17, 15) is 4.79 Å². The van der Waals surface area contributed by atoms with E-state index in [0.717, 1.165) is 19.5 Å². The van der Waals surface area contributed by atoms with Crippen molar-refractivity contribution in [3.8, 4) is 0 Å². The number of piperazine rings is 1. The third-order valence-electron chi connectivity index (χ3n) is 4.15. The van der Waals surface area contributed by atoms with Crippen LogP contribution in [0.4, 0.5) is 10.5 Å². The van der Waals surface area contributed by atoms with Crippen molar-refractivity contribution in [2.45, 2.75) is 70.1 Å². The number of nitrogens with zero attached hydrogens (tertiary/aromatic N) is 2. The van der Waals surface area contributed by atoms with E-state index >= 15 is 0 Å². The summed E-state index contributed by atoms with van der Waals surface area (Å²) < 4.78 is 5.69. The third kappa shape index (κ3) is 5.83. The van der Waals surface area contributed by atoms with Gasteiger partial charge in [0.2, 0.25) is 0 Å². The first-order valence-corrected chi connectivity index (χ1v) is 10.4. The number of hydrogen-bond acceptors (Lipinski definition) is 4. The minimum atomic E-state index is -0.442. The van der Waals surface area contributed by atoms with E-state index < -0.39 is 5.60 Å². The molecule has 4 nitrogen and oxygen atoms in total. The Balaban J connectivity index is 2.09. The smallest absolute Gasteiger partial charge is 0.410 e. The van der Waals surface area contributed by atoms with Gasteiger partial charge in [0.1, 0.15) is 5.60 Å². The zero-order valence-electron chi connectivity index (χ0n) is 17.4. The normalized spacial score (nSPS) is 16.0. The standard InChI is InChI=1S/C21H34N2O2S/c1-8-16-17(10-9-11-18(16)26-21(5,6)7)22-12-14-23(15-13-22)19(24)25-20(2,3)4/h9-11H,8,12-15H2,1-7H3. The molecule has 1 fully saturated rings. The molecular weight excluding hydrogens is 344 g/mol. The maximum Gasteiger partial charge on any atom is 0.410 e. The Morgan fingerprint density at radius 1 is 1.08 bits per heavy atom. The first-order chi connectivity index (χ1) is 12.0. The quantitative estimate of drug-likeness (QED) is 0.677. The lowest BCUT2D eigenvalue weighted by Crippen LogP contribution is -2.50. The van der Waals surface area contributed by atoms with Crippen LogP contribution < -0.4 is 4.90 Å². The maximum absolute atomic E-state index is 12.3. The fraction of sp³-hybridized carbons (Fsp3) is 0.667.